The molecular formula is C55H60ClFN8O7S2. The zero-order valence-corrected chi connectivity index (χ0v) is 44.9. The number of benzene rings is 3. The highest BCUT2D eigenvalue weighted by atomic mass is 35.5. The molecule has 9 rings (SSSR count). The molecular weight excluding hydrogens is 1000 g/mol. The molecule has 1 aliphatic carbocycles. The predicted molar refractivity (Wildman–Crippen MR) is 284 cm³/mol. The molecule has 3 aromatic heterocycles. The van der Waals surface area contributed by atoms with E-state index in [0.29, 0.717) is 29.5 Å². The Morgan fingerprint density at radius 1 is 0.905 bits per heavy atom. The number of rotatable bonds is 15. The Morgan fingerprint density at radius 2 is 1.61 bits per heavy atom. The van der Waals surface area contributed by atoms with Gasteiger partial charge in [-0.3, -0.25) is 28.7 Å². The lowest BCUT2D eigenvalue weighted by Crippen LogP contribution is -2.58. The molecule has 15 nitrogen and oxygen atoms in total. The zero-order valence-electron chi connectivity index (χ0n) is 42.5. The normalized spacial score (nSPS) is 20.0. The monoisotopic (exact) mass is 1060 g/mol. The molecule has 2 aliphatic heterocycles. The van der Waals surface area contributed by atoms with Gasteiger partial charge in [-0.2, -0.15) is 0 Å². The number of thiophene rings is 2. The van der Waals surface area contributed by atoms with E-state index < -0.39 is 59.8 Å². The molecule has 5 atom stereocenters. The number of aromatic nitrogens is 3. The lowest BCUT2D eigenvalue weighted by atomic mass is 9.85. The minimum Gasteiger partial charge on any atom is -0.490 e. The summed E-state index contributed by atoms with van der Waals surface area (Å²) in [6.45, 7) is 14.7. The van der Waals surface area contributed by atoms with Crippen LogP contribution in [0, 0.1) is 38.9 Å². The minimum absolute atomic E-state index is 0.0261. The molecule has 0 bridgehead atoms. The molecule has 0 spiro atoms. The van der Waals surface area contributed by atoms with Crippen LogP contribution in [-0.4, -0.2) is 97.6 Å². The highest BCUT2D eigenvalue weighted by molar-refractivity contribution is 7.15. The van der Waals surface area contributed by atoms with Crippen LogP contribution in [0.2, 0.25) is 5.02 Å². The minimum atomic E-state index is -1.10. The number of aliphatic hydroxyl groups excluding tert-OH is 1. The molecule has 5 heterocycles. The average molecular weight is 1060 g/mol. The van der Waals surface area contributed by atoms with Gasteiger partial charge in [0.15, 0.2) is 12.4 Å². The van der Waals surface area contributed by atoms with Crippen LogP contribution in [0.15, 0.2) is 83.2 Å². The van der Waals surface area contributed by atoms with Crippen molar-refractivity contribution < 1.29 is 38.1 Å². The van der Waals surface area contributed by atoms with Crippen molar-refractivity contribution in [3.8, 4) is 26.9 Å². The number of aliphatic imine (C=N–C) groups is 1. The van der Waals surface area contributed by atoms with Crippen molar-refractivity contribution in [1.29, 1.82) is 0 Å². The summed E-state index contributed by atoms with van der Waals surface area (Å²) in [5.41, 5.74) is 6.05. The Balaban J connectivity index is 0.779. The van der Waals surface area contributed by atoms with Crippen molar-refractivity contribution in [2.75, 3.05) is 13.2 Å². The smallest absolute Gasteiger partial charge is 0.258 e. The van der Waals surface area contributed by atoms with Crippen molar-refractivity contribution in [1.82, 2.24) is 35.6 Å². The Labute approximate surface area is 442 Å². The van der Waals surface area contributed by atoms with E-state index in [0.717, 1.165) is 49.5 Å². The Bertz CT molecular complexity index is 3120. The number of hydrogen-bond donors (Lipinski definition) is 4. The van der Waals surface area contributed by atoms with Crippen LogP contribution < -0.4 is 25.4 Å². The quantitative estimate of drug-likeness (QED) is 0.0779. The van der Waals surface area contributed by atoms with Gasteiger partial charge >= 0.3 is 0 Å². The summed E-state index contributed by atoms with van der Waals surface area (Å²) in [5, 5.41) is 32.1. The van der Waals surface area contributed by atoms with Gasteiger partial charge < -0.3 is 35.4 Å². The van der Waals surface area contributed by atoms with E-state index in [1.807, 2.05) is 66.9 Å². The van der Waals surface area contributed by atoms with Crippen molar-refractivity contribution in [3.05, 3.63) is 133 Å². The zero-order chi connectivity index (χ0) is 52.7. The van der Waals surface area contributed by atoms with Crippen molar-refractivity contribution in [3.63, 3.8) is 0 Å². The number of ether oxygens (including phenoxy) is 2. The van der Waals surface area contributed by atoms with Gasteiger partial charge in [-0.1, -0.05) is 68.8 Å². The summed E-state index contributed by atoms with van der Waals surface area (Å²) in [7, 11) is 0. The first-order chi connectivity index (χ1) is 35.2. The van der Waals surface area contributed by atoms with Crippen LogP contribution in [0.5, 0.6) is 11.5 Å². The van der Waals surface area contributed by atoms with E-state index >= 15 is 0 Å². The van der Waals surface area contributed by atoms with Crippen molar-refractivity contribution in [2.24, 2.45) is 10.4 Å². The van der Waals surface area contributed by atoms with Gasteiger partial charge in [-0.25, -0.2) is 4.39 Å². The van der Waals surface area contributed by atoms with Gasteiger partial charge in [-0.15, -0.1) is 32.9 Å². The number of carbonyl (C=O) groups is 4. The standard InChI is InChI=1S/C55H60ClFN8O7S2/c1-28-17-18-73-49(28)35-11-9-33(10-12-35)30(3)58-52(69)44-23-39(66)26-64(44)53(70)50(55(6,7)8)61-46(68)27-71-40-19-37(57)20-41(24-40)72-42-21-38(22-42)59-45(67)25-43-51-63-62-32(5)65(51)54-47(29(2)31(4)74-54)48(60-43)34-13-15-36(56)16-14-34/h9-20,24,30,38-39,42-44,50,66H,21-23,25-27H2,1-8H3,(H,58,69)(H,59,67)(H,61,68)/t30?,38?,39-,42?,43+,44+,50-/m1/s1. The second-order valence-corrected chi connectivity index (χ2v) is 23.1. The van der Waals surface area contributed by atoms with E-state index in [-0.39, 0.29) is 55.0 Å². The van der Waals surface area contributed by atoms with E-state index in [1.165, 1.54) is 27.5 Å². The van der Waals surface area contributed by atoms with Gasteiger partial charge in [0, 0.05) is 76.0 Å². The van der Waals surface area contributed by atoms with E-state index in [9.17, 15) is 28.7 Å². The van der Waals surface area contributed by atoms with Crippen LogP contribution in [-0.2, 0) is 19.2 Å². The van der Waals surface area contributed by atoms with Crippen LogP contribution in [0.25, 0.3) is 15.4 Å². The summed E-state index contributed by atoms with van der Waals surface area (Å²) in [5.74, 6) is -0.952. The first kappa shape index (κ1) is 52.4. The number of likely N-dealkylation sites (tertiary alicyclic amines) is 1. The third kappa shape index (κ3) is 11.3. The first-order valence-electron chi connectivity index (χ1n) is 24.7. The molecule has 388 valence electrons. The highest BCUT2D eigenvalue weighted by Crippen LogP contribution is 2.40. The summed E-state index contributed by atoms with van der Waals surface area (Å²) >= 11 is 9.57. The third-order valence-corrected chi connectivity index (χ3v) is 16.4. The summed E-state index contributed by atoms with van der Waals surface area (Å²) in [4.78, 5) is 64.0. The number of β-amino-alcohol motifs (C(OH)–C–C–N with tert-alkyl or cyclic N) is 1. The molecule has 19 heteroatoms. The molecule has 3 aliphatic rings. The summed E-state index contributed by atoms with van der Waals surface area (Å²) in [6, 6.07) is 18.1. The topological polar surface area (TPSA) is 189 Å². The number of aliphatic hydroxyl groups is 1. The van der Waals surface area contributed by atoms with Crippen LogP contribution in [0.3, 0.4) is 0 Å². The lowest BCUT2D eigenvalue weighted by molar-refractivity contribution is -0.144. The van der Waals surface area contributed by atoms with Gasteiger partial charge in [0.1, 0.15) is 52.4 Å². The maximum atomic E-state index is 15.0. The molecule has 1 saturated heterocycles. The molecule has 3 aromatic carbocycles. The maximum absolute atomic E-state index is 15.0. The number of carbonyl (C=O) groups excluding carboxylic acids is 4. The molecule has 0 radical (unpaired) electrons. The predicted octanol–water partition coefficient (Wildman–Crippen LogP) is 8.84. The molecule has 1 unspecified atom stereocenters. The molecule has 6 aromatic rings. The van der Waals surface area contributed by atoms with Gasteiger partial charge in [-0.05, 0) is 85.9 Å². The number of fused-ring (bicyclic) bond motifs is 3. The Morgan fingerprint density at radius 3 is 2.30 bits per heavy atom. The first-order valence-corrected chi connectivity index (χ1v) is 26.8. The highest BCUT2D eigenvalue weighted by Gasteiger charge is 2.45. The summed E-state index contributed by atoms with van der Waals surface area (Å²) in [6.07, 6.45) is -0.260. The molecule has 74 heavy (non-hydrogen) atoms. The molecule has 1 saturated carbocycles. The largest absolute Gasteiger partial charge is 0.490 e. The Kier molecular flexibility index (Phi) is 15.2. The van der Waals surface area contributed by atoms with Crippen molar-refractivity contribution in [2.45, 2.75) is 123 Å². The molecule has 4 amide bonds. The molecule has 4 N–H and O–H groups in total. The third-order valence-electron chi connectivity index (χ3n) is 13.9. The fourth-order valence-corrected chi connectivity index (χ4v) is 12.0. The number of hydrogen-bond acceptors (Lipinski definition) is 12. The summed E-state index contributed by atoms with van der Waals surface area (Å²) < 4.78 is 28.8. The number of amides is 4. The van der Waals surface area contributed by atoms with Gasteiger partial charge in [0.25, 0.3) is 5.91 Å². The maximum Gasteiger partial charge on any atom is 0.258 e. The van der Waals surface area contributed by atoms with E-state index in [2.05, 4.69) is 58.4 Å². The average Bonchev–Trinajstić information content (AvgIpc) is 4.11. The van der Waals surface area contributed by atoms with Crippen LogP contribution in [0.4, 0.5) is 4.39 Å². The second-order valence-electron chi connectivity index (χ2n) is 20.5. The number of aryl methyl sites for hydroxylation is 3. The second kappa shape index (κ2) is 21.4. The van der Waals surface area contributed by atoms with Gasteiger partial charge in [0.05, 0.1) is 24.3 Å². The lowest BCUT2D eigenvalue weighted by Gasteiger charge is -2.36. The Hall–Kier alpha value is -6.47. The van der Waals surface area contributed by atoms with Crippen molar-refractivity contribution >= 4 is 63.6 Å². The number of nitrogens with zero attached hydrogens (tertiary/aromatic N) is 5. The van der Waals surface area contributed by atoms with E-state index in [1.54, 1.807) is 43.4 Å². The number of nitrogens with one attached hydrogen (secondary N) is 3. The van der Waals surface area contributed by atoms with Gasteiger partial charge in [0.2, 0.25) is 17.7 Å². The fourth-order valence-electron chi connectivity index (χ4n) is 9.71. The molecule has 2 fully saturated rings. The fraction of sp³-hybridized carbons (Fsp3) is 0.400. The number of halogens is 2. The van der Waals surface area contributed by atoms with E-state index in [4.69, 9.17) is 26.1 Å². The SMILES string of the molecule is Cc1ccsc1-c1ccc(C(C)NC(=O)[C@@H]2C[C@@H](O)CN2C(=O)[C@@H](NC(=O)COc2cc(F)cc(OC3CC(NC(=O)C[C@@H]4N=C(c5ccc(Cl)cc5)c5c(sc(C)c5C)-n5c(C)nnc54)C3)c2)C(C)(C)C)cc1. The van der Waals surface area contributed by atoms with Crippen LogP contribution in [0.1, 0.15) is 110 Å². The van der Waals surface area contributed by atoms with Crippen LogP contribution >= 0.6 is 34.3 Å².